The van der Waals surface area contributed by atoms with Gasteiger partial charge in [0.1, 0.15) is 0 Å². The quantitative estimate of drug-likeness (QED) is 0.212. The first-order valence-electron chi connectivity index (χ1n) is 12.5. The van der Waals surface area contributed by atoms with Crippen LogP contribution in [-0.2, 0) is 16.8 Å². The summed E-state index contributed by atoms with van der Waals surface area (Å²) in [7, 11) is 0. The summed E-state index contributed by atoms with van der Waals surface area (Å²) in [5, 5.41) is 3.15. The van der Waals surface area contributed by atoms with Gasteiger partial charge in [0.05, 0.1) is 11.7 Å². The van der Waals surface area contributed by atoms with Crippen molar-refractivity contribution < 1.29 is 14.3 Å². The number of hydrogen-bond donors (Lipinski definition) is 2. The summed E-state index contributed by atoms with van der Waals surface area (Å²) in [5.41, 5.74) is 3.45. The summed E-state index contributed by atoms with van der Waals surface area (Å²) in [6.45, 7) is 2.10. The van der Waals surface area contributed by atoms with Crippen LogP contribution in [0.5, 0.6) is 11.5 Å². The number of amides is 1. The third-order valence-corrected chi connectivity index (χ3v) is 7.72. The molecule has 1 saturated carbocycles. The number of carbonyl (C=O) groups is 1. The van der Waals surface area contributed by atoms with Gasteiger partial charge in [0.25, 0.3) is 0 Å². The van der Waals surface area contributed by atoms with E-state index in [0.717, 1.165) is 65.4 Å². The van der Waals surface area contributed by atoms with Gasteiger partial charge in [-0.1, -0.05) is 30.3 Å². The van der Waals surface area contributed by atoms with Crippen LogP contribution in [0, 0.1) is 0 Å². The number of nitrogens with one attached hydrogen (secondary N) is 2. The molecule has 0 bridgehead atoms. The molecule has 0 radical (unpaired) electrons. The molecule has 1 aromatic heterocycles. The molecule has 2 heterocycles. The number of hydrogen-bond acceptors (Lipinski definition) is 6. The Balaban J connectivity index is 1.05. The molecule has 1 aliphatic carbocycles. The van der Waals surface area contributed by atoms with Crippen LogP contribution in [0.2, 0.25) is 0 Å². The Hall–Kier alpha value is -3.75. The Kier molecular flexibility index (Phi) is 6.59. The van der Waals surface area contributed by atoms with Gasteiger partial charge in [-0.25, -0.2) is 4.98 Å². The summed E-state index contributed by atoms with van der Waals surface area (Å²) in [5.74, 6) is 1.47. The number of rotatable bonds is 10. The molecule has 8 heteroatoms. The molecule has 0 unspecified atom stereocenters. The van der Waals surface area contributed by atoms with Crippen molar-refractivity contribution in [2.45, 2.75) is 36.1 Å². The molecule has 1 aliphatic heterocycles. The minimum atomic E-state index is -0.498. The van der Waals surface area contributed by atoms with Gasteiger partial charge in [0, 0.05) is 36.1 Å². The first-order chi connectivity index (χ1) is 18.2. The molecule has 1 fully saturated rings. The molecule has 3 aromatic carbocycles. The number of carbonyl (C=O) groups excluding carboxylic acids is 1. The zero-order valence-corrected chi connectivity index (χ0v) is 21.2. The maximum absolute atomic E-state index is 13.3. The summed E-state index contributed by atoms with van der Waals surface area (Å²) >= 11 is 1.64. The second-order valence-corrected chi connectivity index (χ2v) is 10.3. The molecule has 7 nitrogen and oxygen atoms in total. The van der Waals surface area contributed by atoms with E-state index < -0.39 is 5.41 Å². The lowest BCUT2D eigenvalue weighted by molar-refractivity contribution is -0.118. The minimum Gasteiger partial charge on any atom is -0.454 e. The molecule has 0 spiro atoms. The molecule has 2 aliphatic rings. The van der Waals surface area contributed by atoms with E-state index in [-0.39, 0.29) is 12.7 Å². The predicted molar refractivity (Wildman–Crippen MR) is 145 cm³/mol. The fraction of sp³-hybridized carbons (Fsp3) is 0.241. The zero-order chi connectivity index (χ0) is 25.1. The summed E-state index contributed by atoms with van der Waals surface area (Å²) in [4.78, 5) is 18.5. The SMILES string of the molecule is O=C(Nc1cccc(-c2ccc(SNCCCn3ccnc3)cc2)c1)C1(c2ccc3c(c2)OCO3)CC1. The van der Waals surface area contributed by atoms with Crippen molar-refractivity contribution in [3.05, 3.63) is 91.0 Å². The van der Waals surface area contributed by atoms with Crippen LogP contribution in [0.25, 0.3) is 11.1 Å². The van der Waals surface area contributed by atoms with Crippen LogP contribution >= 0.6 is 11.9 Å². The van der Waals surface area contributed by atoms with Crippen molar-refractivity contribution >= 4 is 23.5 Å². The Morgan fingerprint density at radius 2 is 1.86 bits per heavy atom. The highest BCUT2D eigenvalue weighted by Gasteiger charge is 2.51. The van der Waals surface area contributed by atoms with Crippen molar-refractivity contribution in [1.82, 2.24) is 14.3 Å². The number of fused-ring (bicyclic) bond motifs is 1. The van der Waals surface area contributed by atoms with Gasteiger partial charge in [0.2, 0.25) is 12.7 Å². The molecular weight excluding hydrogens is 484 g/mol. The van der Waals surface area contributed by atoms with E-state index in [1.54, 1.807) is 18.1 Å². The summed E-state index contributed by atoms with van der Waals surface area (Å²) < 4.78 is 16.4. The van der Waals surface area contributed by atoms with E-state index in [0.29, 0.717) is 5.75 Å². The molecule has 2 N–H and O–H groups in total. The van der Waals surface area contributed by atoms with Crippen LogP contribution in [0.1, 0.15) is 24.8 Å². The van der Waals surface area contributed by atoms with Crippen LogP contribution in [0.3, 0.4) is 0 Å². The summed E-state index contributed by atoms with van der Waals surface area (Å²) in [6, 6.07) is 22.3. The van der Waals surface area contributed by atoms with Gasteiger partial charge in [-0.3, -0.25) is 9.52 Å². The second kappa shape index (κ2) is 10.3. The van der Waals surface area contributed by atoms with E-state index in [1.165, 1.54) is 0 Å². The number of imidazole rings is 1. The van der Waals surface area contributed by atoms with Crippen LogP contribution < -0.4 is 19.5 Å². The molecule has 4 aromatic rings. The number of aromatic nitrogens is 2. The maximum atomic E-state index is 13.3. The largest absolute Gasteiger partial charge is 0.454 e. The van der Waals surface area contributed by atoms with Gasteiger partial charge >= 0.3 is 0 Å². The number of aryl methyl sites for hydroxylation is 1. The number of ether oxygens (including phenoxy) is 2. The van der Waals surface area contributed by atoms with Crippen LogP contribution in [0.15, 0.2) is 90.3 Å². The van der Waals surface area contributed by atoms with Crippen molar-refractivity contribution in [3.8, 4) is 22.6 Å². The predicted octanol–water partition coefficient (Wildman–Crippen LogP) is 5.64. The highest BCUT2D eigenvalue weighted by Crippen LogP contribution is 2.51. The molecule has 1 amide bonds. The first kappa shape index (κ1) is 23.6. The third-order valence-electron chi connectivity index (χ3n) is 6.86. The van der Waals surface area contributed by atoms with E-state index in [9.17, 15) is 4.79 Å². The lowest BCUT2D eigenvalue weighted by Gasteiger charge is -2.17. The average Bonchev–Trinajstić information content (AvgIpc) is 3.33. The standard InChI is InChI=1S/C29H28N4O3S/c34-28(29(11-12-29)23-7-10-26-27(18-23)36-20-35-26)32-24-4-1-3-22(17-24)21-5-8-25(9-6-21)37-31-13-2-15-33-16-14-30-19-33/h1,3-10,14,16-19,31H,2,11-13,15,20H2,(H,32,34). The third kappa shape index (κ3) is 5.21. The van der Waals surface area contributed by atoms with E-state index in [2.05, 4.69) is 49.9 Å². The van der Waals surface area contributed by atoms with Crippen LogP contribution in [0.4, 0.5) is 5.69 Å². The van der Waals surface area contributed by atoms with Crippen LogP contribution in [-0.4, -0.2) is 28.8 Å². The minimum absolute atomic E-state index is 0.0226. The van der Waals surface area contributed by atoms with Crippen molar-refractivity contribution in [2.75, 3.05) is 18.7 Å². The Morgan fingerprint density at radius 1 is 1.00 bits per heavy atom. The van der Waals surface area contributed by atoms with E-state index in [1.807, 2.05) is 48.9 Å². The molecule has 0 saturated heterocycles. The van der Waals surface area contributed by atoms with Gasteiger partial charge in [-0.2, -0.15) is 0 Å². The monoisotopic (exact) mass is 512 g/mol. The normalized spacial score (nSPS) is 14.9. The highest BCUT2D eigenvalue weighted by atomic mass is 32.2. The molecular formula is C29H28N4O3S. The Labute approximate surface area is 220 Å². The summed E-state index contributed by atoms with van der Waals surface area (Å²) in [6.07, 6.45) is 8.32. The van der Waals surface area contributed by atoms with Gasteiger partial charge < -0.3 is 19.4 Å². The van der Waals surface area contributed by atoms with E-state index in [4.69, 9.17) is 9.47 Å². The fourth-order valence-corrected chi connectivity index (χ4v) is 5.28. The first-order valence-corrected chi connectivity index (χ1v) is 13.3. The highest BCUT2D eigenvalue weighted by molar-refractivity contribution is 7.97. The van der Waals surface area contributed by atoms with Crippen molar-refractivity contribution in [3.63, 3.8) is 0 Å². The molecule has 188 valence electrons. The van der Waals surface area contributed by atoms with E-state index >= 15 is 0 Å². The van der Waals surface area contributed by atoms with Gasteiger partial charge in [0.15, 0.2) is 11.5 Å². The number of nitrogens with zero attached hydrogens (tertiary/aromatic N) is 2. The Morgan fingerprint density at radius 3 is 2.68 bits per heavy atom. The smallest absolute Gasteiger partial charge is 0.235 e. The Bertz CT molecular complexity index is 1380. The number of benzene rings is 3. The number of anilines is 1. The molecule has 0 atom stereocenters. The fourth-order valence-electron chi connectivity index (χ4n) is 4.60. The topological polar surface area (TPSA) is 77.4 Å². The lowest BCUT2D eigenvalue weighted by atomic mass is 9.94. The zero-order valence-electron chi connectivity index (χ0n) is 20.4. The second-order valence-electron chi connectivity index (χ2n) is 9.36. The average molecular weight is 513 g/mol. The molecule has 37 heavy (non-hydrogen) atoms. The molecule has 6 rings (SSSR count). The maximum Gasteiger partial charge on any atom is 0.235 e. The van der Waals surface area contributed by atoms with Crippen molar-refractivity contribution in [2.24, 2.45) is 0 Å². The van der Waals surface area contributed by atoms with Gasteiger partial charge in [-0.15, -0.1) is 0 Å². The van der Waals surface area contributed by atoms with Gasteiger partial charge in [-0.05, 0) is 84.3 Å². The lowest BCUT2D eigenvalue weighted by Crippen LogP contribution is -2.27. The van der Waals surface area contributed by atoms with Crippen molar-refractivity contribution in [1.29, 1.82) is 0 Å².